The second kappa shape index (κ2) is 6.12. The van der Waals surface area contributed by atoms with Gasteiger partial charge in [-0.1, -0.05) is 47.6 Å². The van der Waals surface area contributed by atoms with Gasteiger partial charge in [0, 0.05) is 23.0 Å². The van der Waals surface area contributed by atoms with Gasteiger partial charge in [0.25, 0.3) is 0 Å². The van der Waals surface area contributed by atoms with Crippen LogP contribution in [0, 0.1) is 12.3 Å². The van der Waals surface area contributed by atoms with E-state index < -0.39 is 0 Å². The largest absolute Gasteiger partial charge is 0.497 e. The number of nitrogens with zero attached hydrogens (tertiary/aromatic N) is 2. The molecule has 0 fully saturated rings. The van der Waals surface area contributed by atoms with Crippen LogP contribution < -0.4 is 4.74 Å². The van der Waals surface area contributed by atoms with Crippen molar-refractivity contribution < 1.29 is 4.74 Å². The van der Waals surface area contributed by atoms with Crippen molar-refractivity contribution in [3.8, 4) is 11.6 Å². The molecule has 0 bridgehead atoms. The van der Waals surface area contributed by atoms with Crippen LogP contribution in [0.15, 0.2) is 48.7 Å². The zero-order valence-electron chi connectivity index (χ0n) is 19.9. The van der Waals surface area contributed by atoms with Crippen LogP contribution in [-0.4, -0.2) is 16.7 Å². The summed E-state index contributed by atoms with van der Waals surface area (Å²) in [6.07, 6.45) is 1.89. The fourth-order valence-electron chi connectivity index (χ4n) is 5.71. The Balaban J connectivity index is 2.01. The molecule has 2 aromatic carbocycles. The molecule has 1 aliphatic carbocycles. The molecular formula is C28H32N2O. The highest BCUT2D eigenvalue weighted by molar-refractivity contribution is 6.12. The summed E-state index contributed by atoms with van der Waals surface area (Å²) in [6.45, 7) is 16.6. The zero-order chi connectivity index (χ0) is 22.3. The second-order valence-electron chi connectivity index (χ2n) is 10.7. The summed E-state index contributed by atoms with van der Waals surface area (Å²) < 4.78 is 7.90. The van der Waals surface area contributed by atoms with E-state index in [1.807, 2.05) is 12.3 Å². The number of fused-ring (bicyclic) bond motifs is 5. The summed E-state index contributed by atoms with van der Waals surface area (Å²) in [5, 5.41) is 2.61. The first-order valence-electron chi connectivity index (χ1n) is 11.1. The summed E-state index contributed by atoms with van der Waals surface area (Å²) in [5.74, 6) is 1.81. The Labute approximate surface area is 185 Å². The third kappa shape index (κ3) is 2.38. The van der Waals surface area contributed by atoms with E-state index in [1.165, 1.54) is 33.0 Å². The lowest BCUT2D eigenvalue weighted by Crippen LogP contribution is -2.42. The predicted molar refractivity (Wildman–Crippen MR) is 130 cm³/mol. The minimum atomic E-state index is 0.0183. The summed E-state index contributed by atoms with van der Waals surface area (Å²) >= 11 is 0. The van der Waals surface area contributed by atoms with Crippen LogP contribution in [0.4, 0.5) is 0 Å². The van der Waals surface area contributed by atoms with Crippen molar-refractivity contribution in [2.45, 2.75) is 59.3 Å². The van der Waals surface area contributed by atoms with Crippen molar-refractivity contribution in [1.82, 2.24) is 9.55 Å². The van der Waals surface area contributed by atoms with Gasteiger partial charge in [0.2, 0.25) is 0 Å². The van der Waals surface area contributed by atoms with Crippen LogP contribution in [-0.2, 0) is 10.8 Å². The number of hydrogen-bond donors (Lipinski definition) is 0. The van der Waals surface area contributed by atoms with Crippen molar-refractivity contribution in [3.05, 3.63) is 65.4 Å². The lowest BCUT2D eigenvalue weighted by atomic mass is 9.59. The Bertz CT molecular complexity index is 1350. The first kappa shape index (κ1) is 20.1. The quantitative estimate of drug-likeness (QED) is 0.351. The minimum Gasteiger partial charge on any atom is -0.497 e. The highest BCUT2D eigenvalue weighted by Gasteiger charge is 2.57. The van der Waals surface area contributed by atoms with E-state index in [0.717, 1.165) is 17.1 Å². The maximum absolute atomic E-state index is 5.60. The van der Waals surface area contributed by atoms with Gasteiger partial charge in [0.05, 0.1) is 18.1 Å². The Hall–Kier alpha value is -2.81. The summed E-state index contributed by atoms with van der Waals surface area (Å²) in [5.41, 5.74) is 6.68. The number of ether oxygens (including phenoxy) is 1. The van der Waals surface area contributed by atoms with Crippen molar-refractivity contribution in [1.29, 1.82) is 0 Å². The van der Waals surface area contributed by atoms with Gasteiger partial charge in [-0.3, -0.25) is 4.57 Å². The zero-order valence-corrected chi connectivity index (χ0v) is 19.9. The van der Waals surface area contributed by atoms with Crippen molar-refractivity contribution in [3.63, 3.8) is 0 Å². The summed E-state index contributed by atoms with van der Waals surface area (Å²) in [6, 6.07) is 15.3. The van der Waals surface area contributed by atoms with Gasteiger partial charge in [0.1, 0.15) is 11.6 Å². The van der Waals surface area contributed by atoms with Crippen LogP contribution in [0.2, 0.25) is 0 Å². The average Bonchev–Trinajstić information content (AvgIpc) is 3.10. The molecule has 0 spiro atoms. The Morgan fingerprint density at radius 2 is 1.58 bits per heavy atom. The number of pyridine rings is 1. The molecule has 0 saturated carbocycles. The Morgan fingerprint density at radius 1 is 0.839 bits per heavy atom. The SMILES string of the molecule is COc1ccc2c3c4c(ccc3n(-c3cc(C)ccn3)c2c1)C(C)(C)C(C)(C)C4(C)C. The number of aromatic nitrogens is 2. The van der Waals surface area contributed by atoms with Gasteiger partial charge >= 0.3 is 0 Å². The van der Waals surface area contributed by atoms with Gasteiger partial charge in [-0.15, -0.1) is 0 Å². The van der Waals surface area contributed by atoms with E-state index in [4.69, 9.17) is 9.72 Å². The normalized spacial score (nSPS) is 18.5. The molecule has 4 aromatic rings. The molecule has 0 saturated heterocycles. The molecule has 2 heterocycles. The van der Waals surface area contributed by atoms with E-state index in [0.29, 0.717) is 0 Å². The van der Waals surface area contributed by atoms with Crippen LogP contribution in [0.3, 0.4) is 0 Å². The first-order valence-corrected chi connectivity index (χ1v) is 11.1. The fraction of sp³-hybridized carbons (Fsp3) is 0.393. The van der Waals surface area contributed by atoms with E-state index in [-0.39, 0.29) is 16.2 Å². The van der Waals surface area contributed by atoms with Gasteiger partial charge in [-0.05, 0) is 70.2 Å². The van der Waals surface area contributed by atoms with E-state index in [9.17, 15) is 0 Å². The third-order valence-corrected chi connectivity index (χ3v) is 8.69. The molecule has 160 valence electrons. The minimum absolute atomic E-state index is 0.0183. The topological polar surface area (TPSA) is 27.1 Å². The molecule has 0 radical (unpaired) electrons. The molecule has 1 aliphatic rings. The summed E-state index contributed by atoms with van der Waals surface area (Å²) in [7, 11) is 1.73. The van der Waals surface area contributed by atoms with E-state index in [2.05, 4.69) is 89.4 Å². The molecule has 3 heteroatoms. The second-order valence-corrected chi connectivity index (χ2v) is 10.7. The molecule has 2 aromatic heterocycles. The maximum Gasteiger partial charge on any atom is 0.137 e. The Kier molecular flexibility index (Phi) is 3.97. The molecule has 0 N–H and O–H groups in total. The van der Waals surface area contributed by atoms with Crippen LogP contribution in [0.25, 0.3) is 27.6 Å². The maximum atomic E-state index is 5.60. The molecule has 31 heavy (non-hydrogen) atoms. The van der Waals surface area contributed by atoms with E-state index in [1.54, 1.807) is 7.11 Å². The van der Waals surface area contributed by atoms with Crippen molar-refractivity contribution in [2.24, 2.45) is 5.41 Å². The van der Waals surface area contributed by atoms with Crippen LogP contribution in [0.5, 0.6) is 5.75 Å². The standard InChI is InChI=1S/C28H32N2O/c1-17-13-14-29-23(15-17)30-21-12-11-20-25(27(4,5)28(6,7)26(20,2)3)24(21)19-10-9-18(31-8)16-22(19)30/h9-16H,1-8H3. The predicted octanol–water partition coefficient (Wildman–Crippen LogP) is 7.09. The third-order valence-electron chi connectivity index (χ3n) is 8.69. The number of benzene rings is 2. The lowest BCUT2D eigenvalue weighted by Gasteiger charge is -2.44. The van der Waals surface area contributed by atoms with Crippen molar-refractivity contribution >= 4 is 21.8 Å². The molecular weight excluding hydrogens is 380 g/mol. The van der Waals surface area contributed by atoms with Crippen LogP contribution in [0.1, 0.15) is 58.2 Å². The number of hydrogen-bond acceptors (Lipinski definition) is 2. The first-order chi connectivity index (χ1) is 14.5. The number of aryl methyl sites for hydroxylation is 1. The fourth-order valence-corrected chi connectivity index (χ4v) is 5.71. The summed E-state index contributed by atoms with van der Waals surface area (Å²) in [4.78, 5) is 4.75. The molecule has 0 amide bonds. The smallest absolute Gasteiger partial charge is 0.137 e. The van der Waals surface area contributed by atoms with Crippen LogP contribution >= 0.6 is 0 Å². The van der Waals surface area contributed by atoms with Gasteiger partial charge < -0.3 is 4.74 Å². The average molecular weight is 413 g/mol. The lowest BCUT2D eigenvalue weighted by molar-refractivity contribution is 0.125. The Morgan fingerprint density at radius 3 is 2.26 bits per heavy atom. The monoisotopic (exact) mass is 412 g/mol. The number of methoxy groups -OCH3 is 1. The molecule has 0 atom stereocenters. The highest BCUT2D eigenvalue weighted by atomic mass is 16.5. The molecule has 0 aliphatic heterocycles. The molecule has 0 unspecified atom stereocenters. The van der Waals surface area contributed by atoms with Gasteiger partial charge in [-0.2, -0.15) is 0 Å². The molecule has 3 nitrogen and oxygen atoms in total. The van der Waals surface area contributed by atoms with Crippen molar-refractivity contribution in [2.75, 3.05) is 7.11 Å². The van der Waals surface area contributed by atoms with E-state index >= 15 is 0 Å². The van der Waals surface area contributed by atoms with Gasteiger partial charge in [-0.25, -0.2) is 4.98 Å². The highest BCUT2D eigenvalue weighted by Crippen LogP contribution is 2.63. The molecule has 5 rings (SSSR count). The van der Waals surface area contributed by atoms with Gasteiger partial charge in [0.15, 0.2) is 0 Å². The number of rotatable bonds is 2.